The number of pyridine rings is 1. The third kappa shape index (κ3) is 4.56. The maximum absolute atomic E-state index is 13.0. The largest absolute Gasteiger partial charge is 0.353 e. The van der Waals surface area contributed by atoms with E-state index in [9.17, 15) is 22.0 Å². The van der Waals surface area contributed by atoms with Gasteiger partial charge in [0, 0.05) is 44.4 Å². The van der Waals surface area contributed by atoms with Gasteiger partial charge in [-0.1, -0.05) is 24.2 Å². The highest BCUT2D eigenvalue weighted by molar-refractivity contribution is 7.91. The molecule has 1 aliphatic heterocycles. The Labute approximate surface area is 189 Å². The molecule has 174 valence electrons. The third-order valence-corrected chi connectivity index (χ3v) is 6.76. The van der Waals surface area contributed by atoms with Crippen molar-refractivity contribution in [3.8, 4) is 11.4 Å². The predicted octanol–water partition coefficient (Wildman–Crippen LogP) is 2.65. The molecule has 33 heavy (non-hydrogen) atoms. The molecular weight excluding hydrogens is 456 g/mol. The zero-order chi connectivity index (χ0) is 23.6. The van der Waals surface area contributed by atoms with Gasteiger partial charge in [0.2, 0.25) is 21.6 Å². The number of carbonyl (C=O) groups excluding carboxylic acids is 1. The summed E-state index contributed by atoms with van der Waals surface area (Å²) in [5.74, 6) is -2.50. The first-order valence-electron chi connectivity index (χ1n) is 10.3. The van der Waals surface area contributed by atoms with E-state index in [1.807, 2.05) is 24.0 Å². The first kappa shape index (κ1) is 22.8. The fourth-order valence-electron chi connectivity index (χ4n) is 3.52. The molecular formula is C21H21F2N5O4S. The van der Waals surface area contributed by atoms with Crippen LogP contribution in [0.4, 0.5) is 14.6 Å². The summed E-state index contributed by atoms with van der Waals surface area (Å²) in [6, 6.07) is 8.70. The standard InChI is InChI=1S/C21H21F2N5O4S/c1-2-18-25-19(26-32-18)14-7-8-17(24-13-14)27-9-11-28(12-10-27)20(29)15-5-3-4-6-16(15)33(30,31)21(22)23/h3-8,13,21H,2,9-12H2,1H3. The van der Waals surface area contributed by atoms with E-state index in [0.29, 0.717) is 42.6 Å². The van der Waals surface area contributed by atoms with Crippen molar-refractivity contribution < 1.29 is 26.5 Å². The Morgan fingerprint density at radius 2 is 1.85 bits per heavy atom. The number of benzene rings is 1. The van der Waals surface area contributed by atoms with Crippen LogP contribution in [0.25, 0.3) is 11.4 Å². The van der Waals surface area contributed by atoms with Crippen molar-refractivity contribution in [2.75, 3.05) is 31.1 Å². The number of carbonyl (C=O) groups is 1. The van der Waals surface area contributed by atoms with Gasteiger partial charge in [0.1, 0.15) is 5.82 Å². The number of sulfone groups is 1. The minimum Gasteiger partial charge on any atom is -0.353 e. The van der Waals surface area contributed by atoms with E-state index in [-0.39, 0.29) is 18.7 Å². The van der Waals surface area contributed by atoms with Crippen molar-refractivity contribution in [1.29, 1.82) is 0 Å². The van der Waals surface area contributed by atoms with Gasteiger partial charge in [-0.15, -0.1) is 0 Å². The maximum atomic E-state index is 13.0. The highest BCUT2D eigenvalue weighted by Crippen LogP contribution is 2.25. The number of aromatic nitrogens is 3. The van der Waals surface area contributed by atoms with E-state index in [4.69, 9.17) is 4.52 Å². The molecule has 0 bridgehead atoms. The lowest BCUT2D eigenvalue weighted by molar-refractivity contribution is 0.0742. The highest BCUT2D eigenvalue weighted by Gasteiger charge is 2.33. The van der Waals surface area contributed by atoms with Crippen LogP contribution in [-0.4, -0.2) is 66.3 Å². The van der Waals surface area contributed by atoms with Crippen molar-refractivity contribution in [3.63, 3.8) is 0 Å². The van der Waals surface area contributed by atoms with Gasteiger partial charge < -0.3 is 14.3 Å². The average molecular weight is 477 g/mol. The van der Waals surface area contributed by atoms with Gasteiger partial charge in [-0.25, -0.2) is 13.4 Å². The molecule has 0 N–H and O–H groups in total. The molecule has 1 saturated heterocycles. The molecule has 9 nitrogen and oxygen atoms in total. The first-order chi connectivity index (χ1) is 15.8. The average Bonchev–Trinajstić information content (AvgIpc) is 3.33. The Hall–Kier alpha value is -3.41. The second-order valence-electron chi connectivity index (χ2n) is 7.35. The third-order valence-electron chi connectivity index (χ3n) is 5.33. The number of aryl methyl sites for hydroxylation is 1. The number of nitrogens with zero attached hydrogens (tertiary/aromatic N) is 5. The van der Waals surface area contributed by atoms with E-state index in [1.165, 1.54) is 23.1 Å². The topological polar surface area (TPSA) is 110 Å². The minimum absolute atomic E-state index is 0.250. The first-order valence-corrected chi connectivity index (χ1v) is 11.8. The molecule has 1 fully saturated rings. The Morgan fingerprint density at radius 3 is 2.45 bits per heavy atom. The fraction of sp³-hybridized carbons (Fsp3) is 0.333. The second kappa shape index (κ2) is 9.22. The molecule has 1 aliphatic rings. The summed E-state index contributed by atoms with van der Waals surface area (Å²) < 4.78 is 55.1. The lowest BCUT2D eigenvalue weighted by Gasteiger charge is -2.35. The van der Waals surface area contributed by atoms with Crippen molar-refractivity contribution in [2.45, 2.75) is 24.0 Å². The zero-order valence-electron chi connectivity index (χ0n) is 17.7. The Balaban J connectivity index is 1.44. The molecule has 4 rings (SSSR count). The summed E-state index contributed by atoms with van der Waals surface area (Å²) in [5, 5.41) is 3.92. The van der Waals surface area contributed by atoms with Crippen LogP contribution in [0.2, 0.25) is 0 Å². The molecule has 12 heteroatoms. The molecule has 3 aromatic rings. The van der Waals surface area contributed by atoms with Crippen LogP contribution in [0, 0.1) is 0 Å². The molecule has 3 heterocycles. The fourth-order valence-corrected chi connectivity index (χ4v) is 4.44. The Bertz CT molecular complexity index is 1240. The molecule has 0 saturated carbocycles. The molecule has 0 radical (unpaired) electrons. The van der Waals surface area contributed by atoms with Crippen molar-refractivity contribution in [1.82, 2.24) is 20.0 Å². The number of piperazine rings is 1. The molecule has 1 amide bonds. The molecule has 1 aromatic carbocycles. The lowest BCUT2D eigenvalue weighted by atomic mass is 10.1. The van der Waals surface area contributed by atoms with Gasteiger partial charge in [-0.05, 0) is 24.3 Å². The normalized spacial score (nSPS) is 14.7. The lowest BCUT2D eigenvalue weighted by Crippen LogP contribution is -2.49. The number of anilines is 1. The Morgan fingerprint density at radius 1 is 1.12 bits per heavy atom. The maximum Gasteiger partial charge on any atom is 0.341 e. The van der Waals surface area contributed by atoms with Crippen molar-refractivity contribution >= 4 is 21.6 Å². The SMILES string of the molecule is CCc1nc(-c2ccc(N3CCN(C(=O)c4ccccc4S(=O)(=O)C(F)F)CC3)nc2)no1. The molecule has 0 aliphatic carbocycles. The number of alkyl halides is 2. The number of hydrogen-bond acceptors (Lipinski definition) is 8. The summed E-state index contributed by atoms with van der Waals surface area (Å²) in [5.41, 5.74) is 0.466. The molecule has 0 spiro atoms. The summed E-state index contributed by atoms with van der Waals surface area (Å²) in [7, 11) is -4.89. The van der Waals surface area contributed by atoms with Gasteiger partial charge in [0.05, 0.1) is 10.5 Å². The smallest absolute Gasteiger partial charge is 0.341 e. The van der Waals surface area contributed by atoms with Gasteiger partial charge in [0.15, 0.2) is 0 Å². The van der Waals surface area contributed by atoms with E-state index < -0.39 is 26.4 Å². The zero-order valence-corrected chi connectivity index (χ0v) is 18.5. The summed E-state index contributed by atoms with van der Waals surface area (Å²) in [6.07, 6.45) is 2.28. The van der Waals surface area contributed by atoms with Crippen molar-refractivity contribution in [3.05, 3.63) is 54.0 Å². The van der Waals surface area contributed by atoms with Gasteiger partial charge in [0.25, 0.3) is 5.91 Å². The van der Waals surface area contributed by atoms with Crippen LogP contribution < -0.4 is 4.90 Å². The van der Waals surface area contributed by atoms with Crippen LogP contribution in [0.5, 0.6) is 0 Å². The second-order valence-corrected chi connectivity index (χ2v) is 9.24. The molecule has 2 aromatic heterocycles. The summed E-state index contributed by atoms with van der Waals surface area (Å²) in [4.78, 5) is 24.4. The Kier molecular flexibility index (Phi) is 6.36. The summed E-state index contributed by atoms with van der Waals surface area (Å²) in [6.45, 7) is 3.39. The van der Waals surface area contributed by atoms with Gasteiger partial charge in [-0.3, -0.25) is 4.79 Å². The van der Waals surface area contributed by atoms with Crippen LogP contribution in [0.3, 0.4) is 0 Å². The number of amides is 1. The molecule has 0 unspecified atom stereocenters. The van der Waals surface area contributed by atoms with Crippen molar-refractivity contribution in [2.24, 2.45) is 0 Å². The number of hydrogen-bond donors (Lipinski definition) is 0. The molecule has 0 atom stereocenters. The quantitative estimate of drug-likeness (QED) is 0.533. The number of halogens is 2. The minimum atomic E-state index is -4.89. The summed E-state index contributed by atoms with van der Waals surface area (Å²) >= 11 is 0. The van der Waals surface area contributed by atoms with Crippen LogP contribution >= 0.6 is 0 Å². The van der Waals surface area contributed by atoms with E-state index in [2.05, 4.69) is 15.1 Å². The highest BCUT2D eigenvalue weighted by atomic mass is 32.2. The number of rotatable bonds is 6. The van der Waals surface area contributed by atoms with Crippen LogP contribution in [-0.2, 0) is 16.3 Å². The van der Waals surface area contributed by atoms with E-state index >= 15 is 0 Å². The van der Waals surface area contributed by atoms with Gasteiger partial charge >= 0.3 is 5.76 Å². The van der Waals surface area contributed by atoms with Gasteiger partial charge in [-0.2, -0.15) is 13.8 Å². The van der Waals surface area contributed by atoms with E-state index in [0.717, 1.165) is 6.07 Å². The monoisotopic (exact) mass is 477 g/mol. The van der Waals surface area contributed by atoms with Crippen LogP contribution in [0.15, 0.2) is 52.0 Å². The predicted molar refractivity (Wildman–Crippen MR) is 115 cm³/mol. The van der Waals surface area contributed by atoms with E-state index in [1.54, 1.807) is 6.20 Å². The van der Waals surface area contributed by atoms with Crippen LogP contribution in [0.1, 0.15) is 23.2 Å².